The van der Waals surface area contributed by atoms with E-state index < -0.39 is 11.9 Å². The Morgan fingerprint density at radius 1 is 1.22 bits per heavy atom. The lowest BCUT2D eigenvalue weighted by molar-refractivity contribution is -0.142. The van der Waals surface area contributed by atoms with Crippen molar-refractivity contribution in [2.45, 2.75) is 50.5 Å². The van der Waals surface area contributed by atoms with E-state index in [1.807, 2.05) is 31.2 Å². The van der Waals surface area contributed by atoms with E-state index in [9.17, 15) is 9.59 Å². The SMILES string of the molecule is CC1=C(C(=O)OCC2CCCO2)C(c2cc3c(cc2Br)OCO3)C2=C(CC(c3ccco3)CC2=O)N1. The number of benzene rings is 1. The van der Waals surface area contributed by atoms with Crippen molar-refractivity contribution in [3.63, 3.8) is 0 Å². The molecule has 0 amide bonds. The molecule has 8 nitrogen and oxygen atoms in total. The maximum atomic E-state index is 13.7. The maximum absolute atomic E-state index is 13.7. The summed E-state index contributed by atoms with van der Waals surface area (Å²) in [6, 6.07) is 7.40. The fraction of sp³-hybridized carbons (Fsp3) is 0.407. The normalized spacial score (nSPS) is 25.2. The van der Waals surface area contributed by atoms with E-state index in [2.05, 4.69) is 21.2 Å². The maximum Gasteiger partial charge on any atom is 0.336 e. The molecule has 6 rings (SSSR count). The molecule has 1 fully saturated rings. The summed E-state index contributed by atoms with van der Waals surface area (Å²) in [4.78, 5) is 27.2. The van der Waals surface area contributed by atoms with Gasteiger partial charge in [0.05, 0.1) is 17.9 Å². The van der Waals surface area contributed by atoms with Crippen molar-refractivity contribution in [2.75, 3.05) is 20.0 Å². The Balaban J connectivity index is 1.40. The highest BCUT2D eigenvalue weighted by Gasteiger charge is 2.43. The number of ether oxygens (including phenoxy) is 4. The number of allylic oxidation sites excluding steroid dienone is 3. The van der Waals surface area contributed by atoms with Crippen LogP contribution in [0, 0.1) is 0 Å². The molecule has 0 bridgehead atoms. The minimum Gasteiger partial charge on any atom is -0.469 e. The molecule has 0 saturated carbocycles. The molecule has 3 atom stereocenters. The van der Waals surface area contributed by atoms with Gasteiger partial charge in [-0.2, -0.15) is 0 Å². The largest absolute Gasteiger partial charge is 0.469 e. The quantitative estimate of drug-likeness (QED) is 0.523. The second-order valence-electron chi connectivity index (χ2n) is 9.49. The average Bonchev–Trinajstić information content (AvgIpc) is 3.64. The molecule has 188 valence electrons. The Labute approximate surface area is 216 Å². The van der Waals surface area contributed by atoms with Crippen LogP contribution in [0.2, 0.25) is 0 Å². The lowest BCUT2D eigenvalue weighted by Crippen LogP contribution is -2.36. The van der Waals surface area contributed by atoms with E-state index in [-0.39, 0.29) is 31.2 Å². The van der Waals surface area contributed by atoms with Gasteiger partial charge in [0.1, 0.15) is 12.4 Å². The Morgan fingerprint density at radius 2 is 2.06 bits per heavy atom. The summed E-state index contributed by atoms with van der Waals surface area (Å²) in [5.74, 6) is 0.794. The van der Waals surface area contributed by atoms with Crippen molar-refractivity contribution < 1.29 is 33.0 Å². The summed E-state index contributed by atoms with van der Waals surface area (Å²) < 4.78 is 28.9. The van der Waals surface area contributed by atoms with Gasteiger partial charge in [-0.05, 0) is 56.0 Å². The number of carbonyl (C=O) groups excluding carboxylic acids is 2. The third-order valence-electron chi connectivity index (χ3n) is 7.22. The number of dihydropyridines is 1. The van der Waals surface area contributed by atoms with Crippen molar-refractivity contribution in [2.24, 2.45) is 0 Å². The number of rotatable bonds is 5. The Kier molecular flexibility index (Phi) is 6.13. The third-order valence-corrected chi connectivity index (χ3v) is 7.91. The highest BCUT2D eigenvalue weighted by molar-refractivity contribution is 9.10. The summed E-state index contributed by atoms with van der Waals surface area (Å²) >= 11 is 3.66. The first-order valence-electron chi connectivity index (χ1n) is 12.1. The molecule has 4 heterocycles. The lowest BCUT2D eigenvalue weighted by atomic mass is 9.72. The lowest BCUT2D eigenvalue weighted by Gasteiger charge is -2.36. The molecule has 1 aromatic carbocycles. The summed E-state index contributed by atoms with van der Waals surface area (Å²) in [7, 11) is 0. The van der Waals surface area contributed by atoms with Gasteiger partial charge in [0.25, 0.3) is 0 Å². The molecule has 1 saturated heterocycles. The average molecular weight is 556 g/mol. The summed E-state index contributed by atoms with van der Waals surface area (Å²) in [6.45, 7) is 2.84. The van der Waals surface area contributed by atoms with E-state index in [1.54, 1.807) is 6.26 Å². The Hall–Kier alpha value is -3.04. The number of halogens is 1. The highest BCUT2D eigenvalue weighted by Crippen LogP contribution is 2.49. The summed E-state index contributed by atoms with van der Waals surface area (Å²) in [5, 5.41) is 3.36. The molecule has 1 aliphatic carbocycles. The molecule has 36 heavy (non-hydrogen) atoms. The molecule has 2 aromatic rings. The van der Waals surface area contributed by atoms with Crippen molar-refractivity contribution in [3.8, 4) is 11.5 Å². The Bertz CT molecular complexity index is 1270. The number of hydrogen-bond donors (Lipinski definition) is 1. The number of nitrogens with one attached hydrogen (secondary N) is 1. The van der Waals surface area contributed by atoms with Crippen LogP contribution in [0.15, 0.2) is 62.0 Å². The zero-order valence-electron chi connectivity index (χ0n) is 19.8. The molecule has 1 aromatic heterocycles. The zero-order valence-corrected chi connectivity index (χ0v) is 21.4. The number of esters is 1. The van der Waals surface area contributed by atoms with E-state index in [4.69, 9.17) is 23.4 Å². The third kappa shape index (κ3) is 4.14. The van der Waals surface area contributed by atoms with Crippen molar-refractivity contribution >= 4 is 27.7 Å². The molecule has 3 aliphatic heterocycles. The molecule has 0 spiro atoms. The smallest absolute Gasteiger partial charge is 0.336 e. The van der Waals surface area contributed by atoms with Crippen LogP contribution in [0.5, 0.6) is 11.5 Å². The monoisotopic (exact) mass is 555 g/mol. The summed E-state index contributed by atoms with van der Waals surface area (Å²) in [5.41, 5.74) is 3.20. The van der Waals surface area contributed by atoms with Crippen molar-refractivity contribution in [3.05, 3.63) is 68.9 Å². The predicted octanol–water partition coefficient (Wildman–Crippen LogP) is 4.85. The van der Waals surface area contributed by atoms with Gasteiger partial charge in [0.2, 0.25) is 6.79 Å². The number of ketones is 1. The highest BCUT2D eigenvalue weighted by atomic mass is 79.9. The number of furan rings is 1. The van der Waals surface area contributed by atoms with Gasteiger partial charge >= 0.3 is 5.97 Å². The molecule has 9 heteroatoms. The zero-order chi connectivity index (χ0) is 24.8. The fourth-order valence-electron chi connectivity index (χ4n) is 5.52. The van der Waals surface area contributed by atoms with Crippen molar-refractivity contribution in [1.82, 2.24) is 5.32 Å². The minimum atomic E-state index is -0.618. The van der Waals surface area contributed by atoms with Gasteiger partial charge in [0.15, 0.2) is 17.3 Å². The van der Waals surface area contributed by atoms with Gasteiger partial charge < -0.3 is 28.7 Å². The first kappa shape index (κ1) is 23.4. The van der Waals surface area contributed by atoms with Crippen LogP contribution in [0.3, 0.4) is 0 Å². The van der Waals surface area contributed by atoms with Gasteiger partial charge in [-0.25, -0.2) is 4.79 Å². The first-order chi connectivity index (χ1) is 17.5. The van der Waals surface area contributed by atoms with Crippen LogP contribution < -0.4 is 14.8 Å². The van der Waals surface area contributed by atoms with E-state index in [0.717, 1.165) is 34.3 Å². The molecule has 0 radical (unpaired) electrons. The first-order valence-corrected chi connectivity index (χ1v) is 12.9. The fourth-order valence-corrected chi connectivity index (χ4v) is 6.07. The van der Waals surface area contributed by atoms with Crippen LogP contribution in [0.1, 0.15) is 55.8 Å². The van der Waals surface area contributed by atoms with Crippen molar-refractivity contribution in [1.29, 1.82) is 0 Å². The van der Waals surface area contributed by atoms with Crippen LogP contribution in [-0.4, -0.2) is 37.9 Å². The Morgan fingerprint density at radius 3 is 2.81 bits per heavy atom. The standard InChI is InChI=1S/C27H26BrNO7/c1-14-24(27(31)34-12-16-4-2-6-32-16)25(17-10-22-23(11-18(17)28)36-13-35-22)26-19(29-14)8-15(9-20(26)30)21-5-3-7-33-21/h3,5,7,10-11,15-16,25,29H,2,4,6,8-9,12-13H2,1H3. The van der Waals surface area contributed by atoms with Gasteiger partial charge in [-0.1, -0.05) is 15.9 Å². The van der Waals surface area contributed by atoms with E-state index >= 15 is 0 Å². The van der Waals surface area contributed by atoms with Gasteiger partial charge in [0, 0.05) is 46.3 Å². The minimum absolute atomic E-state index is 0.0309. The summed E-state index contributed by atoms with van der Waals surface area (Å²) in [6.07, 6.45) is 4.25. The number of fused-ring (bicyclic) bond motifs is 1. The van der Waals surface area contributed by atoms with Crippen LogP contribution in [0.4, 0.5) is 0 Å². The van der Waals surface area contributed by atoms with Crippen LogP contribution in [-0.2, 0) is 19.1 Å². The van der Waals surface area contributed by atoms with Crippen LogP contribution >= 0.6 is 15.9 Å². The number of hydrogen-bond acceptors (Lipinski definition) is 8. The molecular weight excluding hydrogens is 530 g/mol. The number of Topliss-reactive ketones (excluding diaryl/α,β-unsaturated/α-hetero) is 1. The second-order valence-corrected chi connectivity index (χ2v) is 10.3. The van der Waals surface area contributed by atoms with Gasteiger partial charge in [-0.15, -0.1) is 0 Å². The molecule has 4 aliphatic rings. The topological polar surface area (TPSA) is 96.2 Å². The molecular formula is C27H26BrNO7. The van der Waals surface area contributed by atoms with E-state index in [1.165, 1.54) is 0 Å². The van der Waals surface area contributed by atoms with Crippen LogP contribution in [0.25, 0.3) is 0 Å². The number of carbonyl (C=O) groups is 2. The van der Waals surface area contributed by atoms with Gasteiger partial charge in [-0.3, -0.25) is 4.79 Å². The second kappa shape index (κ2) is 9.44. The molecule has 3 unspecified atom stereocenters. The van der Waals surface area contributed by atoms with E-state index in [0.29, 0.717) is 47.8 Å². The predicted molar refractivity (Wildman–Crippen MR) is 131 cm³/mol. The molecule has 1 N–H and O–H groups in total.